The lowest BCUT2D eigenvalue weighted by molar-refractivity contribution is 0.158. The molecule has 0 amide bonds. The van der Waals surface area contributed by atoms with E-state index in [4.69, 9.17) is 9.47 Å². The van der Waals surface area contributed by atoms with E-state index in [0.717, 1.165) is 44.1 Å². The van der Waals surface area contributed by atoms with E-state index in [1.54, 1.807) is 32.5 Å². The minimum Gasteiger partial charge on any atom is -0.493 e. The van der Waals surface area contributed by atoms with Gasteiger partial charge < -0.3 is 9.47 Å². The third kappa shape index (κ3) is 4.95. The molecule has 1 saturated heterocycles. The second-order valence-electron chi connectivity index (χ2n) is 7.01. The standard InChI is InChI=1S/C21H26F2N2O2/c1-26-20-9-10-24-19(21(20)27-2)14-25-11-3-4-15(13-25)5-6-16-7-8-17(22)12-18(16)23/h7-10,12,15H,3-6,11,13-14H2,1-2H3/t15-/m1/s1. The normalized spacial score (nSPS) is 17.7. The lowest BCUT2D eigenvalue weighted by atomic mass is 9.91. The summed E-state index contributed by atoms with van der Waals surface area (Å²) in [6.45, 7) is 2.64. The molecule has 0 aliphatic carbocycles. The number of ether oxygens (including phenoxy) is 2. The molecule has 2 heterocycles. The first-order valence-electron chi connectivity index (χ1n) is 9.33. The molecule has 146 valence electrons. The van der Waals surface area contributed by atoms with Gasteiger partial charge in [-0.25, -0.2) is 8.78 Å². The zero-order chi connectivity index (χ0) is 19.2. The van der Waals surface area contributed by atoms with E-state index >= 15 is 0 Å². The fourth-order valence-electron chi connectivity index (χ4n) is 3.79. The molecule has 0 radical (unpaired) electrons. The van der Waals surface area contributed by atoms with Crippen LogP contribution in [0.2, 0.25) is 0 Å². The van der Waals surface area contributed by atoms with Crippen molar-refractivity contribution >= 4 is 0 Å². The van der Waals surface area contributed by atoms with Gasteiger partial charge in [0.1, 0.15) is 17.3 Å². The molecule has 0 bridgehead atoms. The fourth-order valence-corrected chi connectivity index (χ4v) is 3.79. The van der Waals surface area contributed by atoms with Gasteiger partial charge in [0.25, 0.3) is 0 Å². The average molecular weight is 376 g/mol. The number of hydrogen-bond acceptors (Lipinski definition) is 4. The zero-order valence-corrected chi connectivity index (χ0v) is 15.9. The number of piperidine rings is 1. The molecule has 0 N–H and O–H groups in total. The van der Waals surface area contributed by atoms with Gasteiger partial charge in [-0.05, 0) is 49.8 Å². The Bertz CT molecular complexity index is 770. The lowest BCUT2D eigenvalue weighted by Gasteiger charge is -2.33. The molecule has 4 nitrogen and oxygen atoms in total. The lowest BCUT2D eigenvalue weighted by Crippen LogP contribution is -2.35. The van der Waals surface area contributed by atoms with Crippen LogP contribution in [0, 0.1) is 17.6 Å². The van der Waals surface area contributed by atoms with Gasteiger partial charge in [-0.2, -0.15) is 0 Å². The number of methoxy groups -OCH3 is 2. The summed E-state index contributed by atoms with van der Waals surface area (Å²) in [5.74, 6) is 0.867. The Balaban J connectivity index is 1.60. The SMILES string of the molecule is COc1ccnc(CN2CCC[C@H](CCc3ccc(F)cc3F)C2)c1OC. The number of hydrogen-bond donors (Lipinski definition) is 0. The fraction of sp³-hybridized carbons (Fsp3) is 0.476. The molecule has 1 aromatic carbocycles. The molecule has 6 heteroatoms. The Morgan fingerprint density at radius 2 is 2.04 bits per heavy atom. The largest absolute Gasteiger partial charge is 0.493 e. The van der Waals surface area contributed by atoms with E-state index < -0.39 is 11.6 Å². The number of rotatable bonds is 7. The number of halogens is 2. The molecule has 2 aromatic rings. The summed E-state index contributed by atoms with van der Waals surface area (Å²) in [6, 6.07) is 5.63. The monoisotopic (exact) mass is 376 g/mol. The maximum Gasteiger partial charge on any atom is 0.183 e. The summed E-state index contributed by atoms with van der Waals surface area (Å²) in [6.07, 6.45) is 5.48. The van der Waals surface area contributed by atoms with Crippen molar-refractivity contribution in [3.05, 3.63) is 53.4 Å². The van der Waals surface area contributed by atoms with Crippen molar-refractivity contribution < 1.29 is 18.3 Å². The highest BCUT2D eigenvalue weighted by Crippen LogP contribution is 2.31. The summed E-state index contributed by atoms with van der Waals surface area (Å²) in [7, 11) is 3.24. The topological polar surface area (TPSA) is 34.6 Å². The third-order valence-electron chi connectivity index (χ3n) is 5.18. The second-order valence-corrected chi connectivity index (χ2v) is 7.01. The van der Waals surface area contributed by atoms with Crippen molar-refractivity contribution in [2.75, 3.05) is 27.3 Å². The molecule has 27 heavy (non-hydrogen) atoms. The van der Waals surface area contributed by atoms with Crippen molar-refractivity contribution in [2.45, 2.75) is 32.2 Å². The van der Waals surface area contributed by atoms with E-state index in [0.29, 0.717) is 35.9 Å². The second kappa shape index (κ2) is 9.13. The van der Waals surface area contributed by atoms with Crippen molar-refractivity contribution in [1.29, 1.82) is 0 Å². The van der Waals surface area contributed by atoms with Crippen LogP contribution in [0.5, 0.6) is 11.5 Å². The number of benzene rings is 1. The minimum absolute atomic E-state index is 0.451. The van der Waals surface area contributed by atoms with Crippen LogP contribution in [-0.2, 0) is 13.0 Å². The predicted octanol–water partition coefficient (Wildman–Crippen LogP) is 4.22. The molecular formula is C21H26F2N2O2. The van der Waals surface area contributed by atoms with Gasteiger partial charge in [0.15, 0.2) is 11.5 Å². The molecular weight excluding hydrogens is 350 g/mol. The highest BCUT2D eigenvalue weighted by atomic mass is 19.1. The van der Waals surface area contributed by atoms with Crippen LogP contribution in [0.25, 0.3) is 0 Å². The third-order valence-corrected chi connectivity index (χ3v) is 5.18. The van der Waals surface area contributed by atoms with E-state index in [1.807, 2.05) is 0 Å². The summed E-state index contributed by atoms with van der Waals surface area (Å²) < 4.78 is 37.7. The first-order valence-corrected chi connectivity index (χ1v) is 9.33. The summed E-state index contributed by atoms with van der Waals surface area (Å²) in [5.41, 5.74) is 1.45. The van der Waals surface area contributed by atoms with E-state index in [1.165, 1.54) is 6.07 Å². The first-order chi connectivity index (χ1) is 13.1. The summed E-state index contributed by atoms with van der Waals surface area (Å²) >= 11 is 0. The summed E-state index contributed by atoms with van der Waals surface area (Å²) in [5, 5.41) is 0. The number of pyridine rings is 1. The number of likely N-dealkylation sites (tertiary alicyclic amines) is 1. The zero-order valence-electron chi connectivity index (χ0n) is 15.9. The molecule has 3 rings (SSSR count). The van der Waals surface area contributed by atoms with Crippen LogP contribution in [0.15, 0.2) is 30.5 Å². The van der Waals surface area contributed by atoms with E-state index in [-0.39, 0.29) is 0 Å². The van der Waals surface area contributed by atoms with Crippen molar-refractivity contribution in [3.8, 4) is 11.5 Å². The average Bonchev–Trinajstić information content (AvgIpc) is 2.67. The number of nitrogens with zero attached hydrogens (tertiary/aromatic N) is 2. The molecule has 1 aliphatic heterocycles. The van der Waals surface area contributed by atoms with Gasteiger partial charge in [0, 0.05) is 31.4 Å². The van der Waals surface area contributed by atoms with E-state index in [2.05, 4.69) is 9.88 Å². The van der Waals surface area contributed by atoms with E-state index in [9.17, 15) is 8.78 Å². The number of aryl methyl sites for hydroxylation is 1. The molecule has 0 unspecified atom stereocenters. The smallest absolute Gasteiger partial charge is 0.183 e. The highest BCUT2D eigenvalue weighted by Gasteiger charge is 2.22. The first kappa shape index (κ1) is 19.5. The Labute approximate surface area is 159 Å². The van der Waals surface area contributed by atoms with Gasteiger partial charge >= 0.3 is 0 Å². The predicted molar refractivity (Wildman–Crippen MR) is 100 cm³/mol. The van der Waals surface area contributed by atoms with Gasteiger partial charge in [-0.15, -0.1) is 0 Å². The molecule has 0 saturated carbocycles. The van der Waals surface area contributed by atoms with Crippen LogP contribution in [0.4, 0.5) is 8.78 Å². The molecule has 1 atom stereocenters. The maximum atomic E-state index is 13.8. The minimum atomic E-state index is -0.528. The Morgan fingerprint density at radius 3 is 2.78 bits per heavy atom. The van der Waals surface area contributed by atoms with Crippen molar-refractivity contribution in [1.82, 2.24) is 9.88 Å². The van der Waals surface area contributed by atoms with Crippen LogP contribution in [0.3, 0.4) is 0 Å². The van der Waals surface area contributed by atoms with Gasteiger partial charge in [0.2, 0.25) is 0 Å². The van der Waals surface area contributed by atoms with Gasteiger partial charge in [0.05, 0.1) is 14.2 Å². The van der Waals surface area contributed by atoms with Gasteiger partial charge in [-0.3, -0.25) is 9.88 Å². The molecule has 1 fully saturated rings. The van der Waals surface area contributed by atoms with Crippen LogP contribution in [-0.4, -0.2) is 37.2 Å². The molecule has 0 spiro atoms. The van der Waals surface area contributed by atoms with Crippen LogP contribution < -0.4 is 9.47 Å². The molecule has 1 aliphatic rings. The van der Waals surface area contributed by atoms with Crippen molar-refractivity contribution in [3.63, 3.8) is 0 Å². The summed E-state index contributed by atoms with van der Waals surface area (Å²) in [4.78, 5) is 6.82. The van der Waals surface area contributed by atoms with Crippen molar-refractivity contribution in [2.24, 2.45) is 5.92 Å². The maximum absolute atomic E-state index is 13.8. The molecule has 1 aromatic heterocycles. The highest BCUT2D eigenvalue weighted by molar-refractivity contribution is 5.42. The van der Waals surface area contributed by atoms with Gasteiger partial charge in [-0.1, -0.05) is 6.07 Å². The quantitative estimate of drug-likeness (QED) is 0.725. The van der Waals surface area contributed by atoms with Crippen LogP contribution >= 0.6 is 0 Å². The van der Waals surface area contributed by atoms with Crippen LogP contribution in [0.1, 0.15) is 30.5 Å². The number of aromatic nitrogens is 1. The Hall–Kier alpha value is -2.21. The Morgan fingerprint density at radius 1 is 1.19 bits per heavy atom. The Kier molecular flexibility index (Phi) is 6.61.